The summed E-state index contributed by atoms with van der Waals surface area (Å²) >= 11 is 8.83. The number of aromatic amines is 1. The Balaban J connectivity index is 1.61. The van der Waals surface area contributed by atoms with Gasteiger partial charge in [-0.25, -0.2) is 9.37 Å². The summed E-state index contributed by atoms with van der Waals surface area (Å²) in [6.07, 6.45) is 3.87. The highest BCUT2D eigenvalue weighted by atomic mass is 35.5. The predicted octanol–water partition coefficient (Wildman–Crippen LogP) is 5.53. The quantitative estimate of drug-likeness (QED) is 0.349. The fraction of sp³-hybridized carbons (Fsp3) is 0.0526. The van der Waals surface area contributed by atoms with Crippen LogP contribution in [0.5, 0.6) is 0 Å². The number of nitrogens with one attached hydrogen (secondary N) is 2. The summed E-state index contributed by atoms with van der Waals surface area (Å²) in [5, 5.41) is 20.7. The average Bonchev–Trinajstić information content (AvgIpc) is 3.40. The minimum atomic E-state index is -1.15. The number of aliphatic hydroxyl groups excluding tert-OH is 1. The predicted molar refractivity (Wildman–Crippen MR) is 111 cm³/mol. The second-order valence-electron chi connectivity index (χ2n) is 5.85. The van der Waals surface area contributed by atoms with E-state index in [0.717, 1.165) is 10.7 Å². The first-order valence-electron chi connectivity index (χ1n) is 8.20. The number of anilines is 1. The van der Waals surface area contributed by atoms with Crippen LogP contribution in [0.3, 0.4) is 0 Å². The number of aromatic nitrogens is 3. The third kappa shape index (κ3) is 4.05. The Morgan fingerprint density at radius 3 is 2.79 bits per heavy atom. The van der Waals surface area contributed by atoms with Crippen LogP contribution in [-0.2, 0) is 0 Å². The lowest BCUT2D eigenvalue weighted by Gasteiger charge is -2.17. The number of halogens is 2. The largest absolute Gasteiger partial charge is 0.384 e. The van der Waals surface area contributed by atoms with Gasteiger partial charge >= 0.3 is 0 Å². The molecular weight excluding hydrogens is 419 g/mol. The second kappa shape index (κ2) is 8.32. The molecule has 4 aromatic rings. The van der Waals surface area contributed by atoms with E-state index in [0.29, 0.717) is 21.0 Å². The molecule has 2 heterocycles. The van der Waals surface area contributed by atoms with Crippen molar-refractivity contribution in [1.82, 2.24) is 15.2 Å². The Morgan fingerprint density at radius 2 is 2.07 bits per heavy atom. The molecule has 0 amide bonds. The second-order valence-corrected chi connectivity index (χ2v) is 8.06. The molecule has 5 nitrogen and oxygen atoms in total. The molecule has 0 spiro atoms. The third-order valence-electron chi connectivity index (χ3n) is 4.07. The van der Waals surface area contributed by atoms with Crippen molar-refractivity contribution in [1.29, 1.82) is 0 Å². The van der Waals surface area contributed by atoms with E-state index in [1.165, 1.54) is 29.4 Å². The van der Waals surface area contributed by atoms with Crippen molar-refractivity contribution >= 4 is 40.0 Å². The van der Waals surface area contributed by atoms with Crippen LogP contribution in [0.4, 0.5) is 9.52 Å². The van der Waals surface area contributed by atoms with Gasteiger partial charge in [0.2, 0.25) is 0 Å². The molecule has 2 aromatic heterocycles. The summed E-state index contributed by atoms with van der Waals surface area (Å²) in [6, 6.07) is 9.81. The zero-order valence-corrected chi connectivity index (χ0v) is 16.7. The molecular formula is C19H14ClFN4OS2. The molecule has 3 N–H and O–H groups in total. The van der Waals surface area contributed by atoms with Gasteiger partial charge in [-0.05, 0) is 47.3 Å². The van der Waals surface area contributed by atoms with Crippen LogP contribution in [-0.4, -0.2) is 20.3 Å². The van der Waals surface area contributed by atoms with Crippen molar-refractivity contribution in [2.75, 3.05) is 4.72 Å². The fourth-order valence-electron chi connectivity index (χ4n) is 2.75. The smallest absolute Gasteiger partial charge is 0.192 e. The van der Waals surface area contributed by atoms with Crippen molar-refractivity contribution in [3.8, 4) is 11.1 Å². The summed E-state index contributed by atoms with van der Waals surface area (Å²) in [7, 11) is 0. The highest BCUT2D eigenvalue weighted by molar-refractivity contribution is 8.00. The molecule has 0 aliphatic heterocycles. The molecule has 142 valence electrons. The number of H-pyrrole nitrogens is 1. The van der Waals surface area contributed by atoms with Crippen LogP contribution in [0.1, 0.15) is 17.2 Å². The number of benzene rings is 2. The normalized spacial score (nSPS) is 12.1. The summed E-state index contributed by atoms with van der Waals surface area (Å²) in [6.45, 7) is 0. The Morgan fingerprint density at radius 1 is 1.21 bits per heavy atom. The van der Waals surface area contributed by atoms with Crippen molar-refractivity contribution < 1.29 is 9.50 Å². The first-order valence-corrected chi connectivity index (χ1v) is 10.3. The van der Waals surface area contributed by atoms with Crippen molar-refractivity contribution in [3.05, 3.63) is 82.3 Å². The van der Waals surface area contributed by atoms with E-state index < -0.39 is 11.9 Å². The highest BCUT2D eigenvalue weighted by Crippen LogP contribution is 2.35. The van der Waals surface area contributed by atoms with Crippen LogP contribution in [0.15, 0.2) is 65.3 Å². The summed E-state index contributed by atoms with van der Waals surface area (Å²) in [5.41, 5.74) is 2.19. The summed E-state index contributed by atoms with van der Waals surface area (Å²) in [4.78, 5) is 4.79. The van der Waals surface area contributed by atoms with E-state index in [1.807, 2.05) is 5.38 Å². The molecule has 0 saturated carbocycles. The summed E-state index contributed by atoms with van der Waals surface area (Å²) < 4.78 is 17.8. The van der Waals surface area contributed by atoms with Crippen molar-refractivity contribution in [2.45, 2.75) is 11.0 Å². The lowest BCUT2D eigenvalue weighted by atomic mass is 9.94. The molecule has 0 aliphatic rings. The number of aliphatic hydroxyl groups is 1. The number of hydrogen-bond donors (Lipinski definition) is 3. The van der Waals surface area contributed by atoms with E-state index in [-0.39, 0.29) is 5.56 Å². The number of nitrogens with zero attached hydrogens (tertiary/aromatic N) is 2. The maximum atomic E-state index is 14.7. The average molecular weight is 433 g/mol. The zero-order chi connectivity index (χ0) is 19.5. The van der Waals surface area contributed by atoms with Crippen LogP contribution >= 0.6 is 34.9 Å². The summed E-state index contributed by atoms with van der Waals surface area (Å²) in [5.74, 6) is -0.494. The molecule has 0 aliphatic carbocycles. The molecule has 1 unspecified atom stereocenters. The van der Waals surface area contributed by atoms with E-state index in [4.69, 9.17) is 11.6 Å². The molecule has 0 fully saturated rings. The molecule has 2 aromatic carbocycles. The SMILES string of the molecule is OC(c1ccc(SNc2nccs2)cc1F)c1ccc(Cl)cc1-c1cn[nH]c1. The minimum Gasteiger partial charge on any atom is -0.384 e. The Labute approximate surface area is 173 Å². The van der Waals surface area contributed by atoms with Gasteiger partial charge in [0.1, 0.15) is 11.9 Å². The standard InChI is InChI=1S/C19H14ClFN4OS2/c20-12-1-3-14(16(7-12)11-9-23-24-10-11)18(26)15-4-2-13(8-17(15)21)28-25-19-22-5-6-27-19/h1-10,18,26H,(H,22,25)(H,23,24). The van der Waals surface area contributed by atoms with Gasteiger partial charge in [0.05, 0.1) is 6.20 Å². The van der Waals surface area contributed by atoms with E-state index in [1.54, 1.807) is 48.9 Å². The lowest BCUT2D eigenvalue weighted by molar-refractivity contribution is 0.215. The van der Waals surface area contributed by atoms with Crippen molar-refractivity contribution in [3.63, 3.8) is 0 Å². The number of thiazole rings is 1. The highest BCUT2D eigenvalue weighted by Gasteiger charge is 2.20. The first-order chi connectivity index (χ1) is 13.6. The third-order valence-corrected chi connectivity index (χ3v) is 5.91. The number of hydrogen-bond acceptors (Lipinski definition) is 6. The maximum absolute atomic E-state index is 14.7. The Hall–Kier alpha value is -2.39. The van der Waals surface area contributed by atoms with Gasteiger partial charge in [0.25, 0.3) is 0 Å². The van der Waals surface area contributed by atoms with Crippen LogP contribution < -0.4 is 4.72 Å². The van der Waals surface area contributed by atoms with E-state index in [9.17, 15) is 9.50 Å². The van der Waals surface area contributed by atoms with Crippen LogP contribution in [0.25, 0.3) is 11.1 Å². The van der Waals surface area contributed by atoms with Gasteiger partial charge in [-0.3, -0.25) is 5.10 Å². The lowest BCUT2D eigenvalue weighted by Crippen LogP contribution is -2.05. The van der Waals surface area contributed by atoms with E-state index >= 15 is 0 Å². The number of rotatable bonds is 6. The molecule has 0 radical (unpaired) electrons. The van der Waals surface area contributed by atoms with Gasteiger partial charge in [0.15, 0.2) is 5.13 Å². The zero-order valence-electron chi connectivity index (χ0n) is 14.3. The van der Waals surface area contributed by atoms with E-state index in [2.05, 4.69) is 19.9 Å². The Kier molecular flexibility index (Phi) is 5.63. The minimum absolute atomic E-state index is 0.186. The van der Waals surface area contributed by atoms with Gasteiger partial charge in [-0.15, -0.1) is 11.3 Å². The monoisotopic (exact) mass is 432 g/mol. The maximum Gasteiger partial charge on any atom is 0.192 e. The fourth-order valence-corrected chi connectivity index (χ4v) is 4.17. The molecule has 9 heteroatoms. The first kappa shape index (κ1) is 18.9. The van der Waals surface area contributed by atoms with Crippen molar-refractivity contribution in [2.24, 2.45) is 0 Å². The topological polar surface area (TPSA) is 73.8 Å². The Bertz CT molecular complexity index is 1070. The molecule has 4 rings (SSSR count). The molecule has 28 heavy (non-hydrogen) atoms. The van der Waals surface area contributed by atoms with Gasteiger partial charge in [-0.1, -0.05) is 23.7 Å². The molecule has 0 bridgehead atoms. The van der Waals surface area contributed by atoms with Gasteiger partial charge in [-0.2, -0.15) is 5.10 Å². The van der Waals surface area contributed by atoms with Gasteiger partial charge in [0, 0.05) is 38.8 Å². The van der Waals surface area contributed by atoms with Crippen LogP contribution in [0.2, 0.25) is 5.02 Å². The molecule has 0 saturated heterocycles. The van der Waals surface area contributed by atoms with Gasteiger partial charge < -0.3 is 9.83 Å². The van der Waals surface area contributed by atoms with Crippen LogP contribution in [0, 0.1) is 5.82 Å². The molecule has 1 atom stereocenters.